The third-order valence-electron chi connectivity index (χ3n) is 1.56. The summed E-state index contributed by atoms with van der Waals surface area (Å²) in [5.74, 6) is -0.266. The number of ether oxygens (including phenoxy) is 1. The molecule has 0 amide bonds. The predicted molar refractivity (Wildman–Crippen MR) is 81.7 cm³/mol. The summed E-state index contributed by atoms with van der Waals surface area (Å²) in [6, 6.07) is 0. The molecule has 1 aliphatic heterocycles. The first-order valence-corrected chi connectivity index (χ1v) is 6.81. The van der Waals surface area contributed by atoms with Gasteiger partial charge < -0.3 is 4.74 Å². The van der Waals surface area contributed by atoms with Gasteiger partial charge in [0.1, 0.15) is 6.61 Å². The lowest BCUT2D eigenvalue weighted by Gasteiger charge is -1.89. The van der Waals surface area contributed by atoms with Gasteiger partial charge in [0, 0.05) is 0 Å². The van der Waals surface area contributed by atoms with Gasteiger partial charge >= 0.3 is 5.97 Å². The predicted octanol–water partition coefficient (Wildman–Crippen LogP) is 5.07. The molecule has 1 aliphatic rings. The lowest BCUT2D eigenvalue weighted by atomic mass is 10.1. The first-order chi connectivity index (χ1) is 8.61. The fraction of sp³-hybridized carbons (Fsp3) is 0.562. The molecule has 0 N–H and O–H groups in total. The Morgan fingerprint density at radius 1 is 1.11 bits per heavy atom. The van der Waals surface area contributed by atoms with Crippen molar-refractivity contribution in [3.8, 4) is 0 Å². The van der Waals surface area contributed by atoms with Gasteiger partial charge in [-0.05, 0) is 25.5 Å². The Morgan fingerprint density at radius 3 is 1.83 bits per heavy atom. The maximum absolute atomic E-state index is 11.0. The van der Waals surface area contributed by atoms with Crippen LogP contribution in [0.2, 0.25) is 0 Å². The third-order valence-corrected chi connectivity index (χ3v) is 1.56. The molecule has 0 aromatic rings. The molecular weight excluding hydrogens is 224 g/mol. The lowest BCUT2D eigenvalue weighted by Crippen LogP contribution is -1.94. The van der Waals surface area contributed by atoms with Gasteiger partial charge in [0.05, 0.1) is 5.57 Å². The number of cyclic esters (lactones) is 1. The van der Waals surface area contributed by atoms with Crippen LogP contribution in [0.1, 0.15) is 55.4 Å². The van der Waals surface area contributed by atoms with Crippen LogP contribution in [0.3, 0.4) is 0 Å². The molecule has 1 saturated heterocycles. The quantitative estimate of drug-likeness (QED) is 0.482. The summed E-state index contributed by atoms with van der Waals surface area (Å²) in [6.45, 7) is 20.0. The highest BCUT2D eigenvalue weighted by molar-refractivity contribution is 5.96. The first-order valence-electron chi connectivity index (χ1n) is 6.81. The van der Waals surface area contributed by atoms with Crippen LogP contribution in [-0.2, 0) is 9.53 Å². The third kappa shape index (κ3) is 9.88. The second-order valence-electron chi connectivity index (χ2n) is 3.00. The van der Waals surface area contributed by atoms with Crippen LogP contribution in [0.4, 0.5) is 0 Å². The molecule has 2 nitrogen and oxygen atoms in total. The number of carbonyl (C=O) groups excluding carboxylic acids is 1. The van der Waals surface area contributed by atoms with Crippen molar-refractivity contribution < 1.29 is 9.53 Å². The van der Waals surface area contributed by atoms with Crippen molar-refractivity contribution in [2.24, 2.45) is 0 Å². The Kier molecular flexibility index (Phi) is 19.1. The lowest BCUT2D eigenvalue weighted by molar-refractivity contribution is -0.134. The summed E-state index contributed by atoms with van der Waals surface area (Å²) in [7, 11) is 0. The van der Waals surface area contributed by atoms with Crippen LogP contribution >= 0.6 is 0 Å². The zero-order valence-electron chi connectivity index (χ0n) is 13.4. The molecule has 2 heteroatoms. The van der Waals surface area contributed by atoms with E-state index in [1.807, 2.05) is 61.5 Å². The second-order valence-corrected chi connectivity index (χ2v) is 3.00. The van der Waals surface area contributed by atoms with E-state index in [9.17, 15) is 4.79 Å². The van der Waals surface area contributed by atoms with Gasteiger partial charge in [0.15, 0.2) is 0 Å². The minimum atomic E-state index is -0.266. The van der Waals surface area contributed by atoms with Gasteiger partial charge in [-0.3, -0.25) is 0 Å². The first kappa shape index (κ1) is 21.9. The fourth-order valence-corrected chi connectivity index (χ4v) is 0.888. The summed E-state index contributed by atoms with van der Waals surface area (Å²) < 4.78 is 4.77. The molecule has 106 valence electrons. The number of esters is 1. The smallest absolute Gasteiger partial charge is 0.338 e. The molecule has 0 aromatic heterocycles. The van der Waals surface area contributed by atoms with E-state index in [4.69, 9.17) is 4.74 Å². The largest absolute Gasteiger partial charge is 0.457 e. The summed E-state index contributed by atoms with van der Waals surface area (Å²) >= 11 is 0. The average Bonchev–Trinajstić information content (AvgIpc) is 2.74. The maximum atomic E-state index is 11.0. The average molecular weight is 254 g/mol. The van der Waals surface area contributed by atoms with Crippen LogP contribution in [-0.4, -0.2) is 12.6 Å². The molecule has 1 heterocycles. The van der Waals surface area contributed by atoms with Crippen LogP contribution in [0.15, 0.2) is 35.5 Å². The Labute approximate surface area is 113 Å². The normalized spacial score (nSPS) is 14.1. The highest BCUT2D eigenvalue weighted by Crippen LogP contribution is 2.18. The second kappa shape index (κ2) is 15.7. The monoisotopic (exact) mass is 254 g/mol. The number of hydrogen-bond acceptors (Lipinski definition) is 2. The van der Waals surface area contributed by atoms with Crippen molar-refractivity contribution >= 4 is 5.97 Å². The Morgan fingerprint density at radius 2 is 1.56 bits per heavy atom. The zero-order valence-corrected chi connectivity index (χ0v) is 13.4. The van der Waals surface area contributed by atoms with Crippen molar-refractivity contribution in [3.05, 3.63) is 35.5 Å². The van der Waals surface area contributed by atoms with E-state index in [-0.39, 0.29) is 5.97 Å². The molecule has 1 rings (SSSR count). The molecule has 0 bridgehead atoms. The molecule has 0 unspecified atom stereocenters. The van der Waals surface area contributed by atoms with Gasteiger partial charge in [0.2, 0.25) is 0 Å². The molecular formula is C16H30O2. The maximum Gasteiger partial charge on any atom is 0.338 e. The van der Waals surface area contributed by atoms with Crippen LogP contribution < -0.4 is 0 Å². The topological polar surface area (TPSA) is 26.3 Å². The SMILES string of the molecule is C=C1COC(=O)/C1=C/C=C(C)C.CC.CC.CC. The van der Waals surface area contributed by atoms with E-state index in [1.165, 1.54) is 0 Å². The highest BCUT2D eigenvalue weighted by atomic mass is 16.5. The number of hydrogen-bond donors (Lipinski definition) is 0. The Hall–Kier alpha value is -1.31. The minimum absolute atomic E-state index is 0.266. The van der Waals surface area contributed by atoms with Gasteiger partial charge in [-0.25, -0.2) is 4.79 Å². The standard InChI is InChI=1S/C10H12O2.3C2H6/c1-7(2)4-5-9-8(3)6-12-10(9)11;3*1-2/h4-5H,3,6H2,1-2H3;3*1-2H3/b9-5+;;;. The van der Waals surface area contributed by atoms with Crippen LogP contribution in [0.25, 0.3) is 0 Å². The van der Waals surface area contributed by atoms with E-state index in [1.54, 1.807) is 6.08 Å². The van der Waals surface area contributed by atoms with Crippen molar-refractivity contribution in [2.75, 3.05) is 6.61 Å². The van der Waals surface area contributed by atoms with Crippen molar-refractivity contribution in [1.29, 1.82) is 0 Å². The van der Waals surface area contributed by atoms with Gasteiger partial charge in [0.25, 0.3) is 0 Å². The van der Waals surface area contributed by atoms with E-state index in [0.29, 0.717) is 12.2 Å². The fourth-order valence-electron chi connectivity index (χ4n) is 0.888. The molecule has 0 saturated carbocycles. The van der Waals surface area contributed by atoms with Crippen molar-refractivity contribution in [3.63, 3.8) is 0 Å². The molecule has 0 aliphatic carbocycles. The number of allylic oxidation sites excluding steroid dienone is 3. The molecule has 0 radical (unpaired) electrons. The van der Waals surface area contributed by atoms with E-state index < -0.39 is 0 Å². The van der Waals surface area contributed by atoms with Gasteiger partial charge in [-0.15, -0.1) is 0 Å². The zero-order chi connectivity index (χ0) is 15.1. The summed E-state index contributed by atoms with van der Waals surface area (Å²) in [4.78, 5) is 11.0. The summed E-state index contributed by atoms with van der Waals surface area (Å²) in [6.07, 6.45) is 3.64. The van der Waals surface area contributed by atoms with E-state index in [2.05, 4.69) is 6.58 Å². The molecule has 0 spiro atoms. The minimum Gasteiger partial charge on any atom is -0.457 e. The molecule has 0 aromatic carbocycles. The summed E-state index contributed by atoms with van der Waals surface area (Å²) in [5.41, 5.74) is 2.50. The van der Waals surface area contributed by atoms with Gasteiger partial charge in [-0.1, -0.05) is 59.8 Å². The Balaban J connectivity index is -0.000000328. The molecule has 1 fully saturated rings. The molecule has 18 heavy (non-hydrogen) atoms. The summed E-state index contributed by atoms with van der Waals surface area (Å²) in [5, 5.41) is 0. The van der Waals surface area contributed by atoms with Crippen LogP contribution in [0.5, 0.6) is 0 Å². The highest BCUT2D eigenvalue weighted by Gasteiger charge is 2.21. The van der Waals surface area contributed by atoms with Crippen molar-refractivity contribution in [2.45, 2.75) is 55.4 Å². The molecule has 0 atom stereocenters. The van der Waals surface area contributed by atoms with Gasteiger partial charge in [-0.2, -0.15) is 0 Å². The Bertz CT molecular complexity index is 261. The number of rotatable bonds is 1. The van der Waals surface area contributed by atoms with E-state index >= 15 is 0 Å². The van der Waals surface area contributed by atoms with Crippen LogP contribution in [0, 0.1) is 0 Å². The van der Waals surface area contributed by atoms with E-state index in [0.717, 1.165) is 11.1 Å². The van der Waals surface area contributed by atoms with Crippen molar-refractivity contribution in [1.82, 2.24) is 0 Å². The number of carbonyl (C=O) groups is 1.